The van der Waals surface area contributed by atoms with Gasteiger partial charge in [-0.15, -0.1) is 0 Å². The maximum Gasteiger partial charge on any atom is 0.133 e. The van der Waals surface area contributed by atoms with Gasteiger partial charge in [0.05, 0.1) is 6.10 Å². The third-order valence-corrected chi connectivity index (χ3v) is 8.86. The van der Waals surface area contributed by atoms with E-state index in [1.54, 1.807) is 5.57 Å². The summed E-state index contributed by atoms with van der Waals surface area (Å²) in [6.07, 6.45) is 10.3. The first kappa shape index (κ1) is 16.8. The van der Waals surface area contributed by atoms with Crippen LogP contribution in [0.25, 0.3) is 0 Å². The summed E-state index contributed by atoms with van der Waals surface area (Å²) in [6, 6.07) is 0. The molecule has 0 aromatic heterocycles. The van der Waals surface area contributed by atoms with E-state index in [9.17, 15) is 9.90 Å². The molecule has 2 nitrogen and oxygen atoms in total. The Balaban J connectivity index is 1.68. The molecule has 0 aromatic carbocycles. The van der Waals surface area contributed by atoms with E-state index in [4.69, 9.17) is 0 Å². The minimum Gasteiger partial charge on any atom is -0.393 e. The van der Waals surface area contributed by atoms with Crippen LogP contribution in [0.2, 0.25) is 0 Å². The Labute approximate surface area is 147 Å². The zero-order chi connectivity index (χ0) is 17.3. The van der Waals surface area contributed by atoms with E-state index in [-0.39, 0.29) is 17.4 Å². The van der Waals surface area contributed by atoms with Gasteiger partial charge in [-0.05, 0) is 86.4 Å². The second-order valence-corrected chi connectivity index (χ2v) is 10.0. The average molecular weight is 331 g/mol. The number of hydrogen-bond donors (Lipinski definition) is 1. The fraction of sp³-hybridized carbons (Fsp3) is 0.864. The molecular formula is C22H34O2. The maximum atomic E-state index is 12.4. The molecule has 0 aromatic rings. The molecule has 4 aliphatic carbocycles. The number of Topliss-reactive ketones (excluding diaryl/α,β-unsaturated/α-hetero) is 1. The topological polar surface area (TPSA) is 37.3 Å². The standard InChI is InChI=1S/C22H34O2/c1-13-11-19-17-6-5-15-12-16(24)7-9-21(15,3)18(17)8-10-22(19,4)20(13)14(2)23/h5,13,16-20,24H,6-12H2,1-4H3/t13-,16?,17+,18-,19-,20+,21-,22-/m0/s1. The summed E-state index contributed by atoms with van der Waals surface area (Å²) in [5.74, 6) is 3.46. The highest BCUT2D eigenvalue weighted by molar-refractivity contribution is 5.80. The molecule has 0 aliphatic heterocycles. The van der Waals surface area contributed by atoms with Crippen molar-refractivity contribution < 1.29 is 9.90 Å². The quantitative estimate of drug-likeness (QED) is 0.704. The molecule has 0 saturated heterocycles. The third kappa shape index (κ3) is 2.14. The Morgan fingerprint density at radius 1 is 1.21 bits per heavy atom. The van der Waals surface area contributed by atoms with Crippen molar-refractivity contribution in [2.45, 2.75) is 78.7 Å². The van der Waals surface area contributed by atoms with Gasteiger partial charge in [-0.2, -0.15) is 0 Å². The van der Waals surface area contributed by atoms with Crippen molar-refractivity contribution in [2.24, 2.45) is 40.4 Å². The zero-order valence-corrected chi connectivity index (χ0v) is 15.8. The van der Waals surface area contributed by atoms with Crippen LogP contribution in [-0.4, -0.2) is 17.0 Å². The van der Waals surface area contributed by atoms with E-state index >= 15 is 0 Å². The number of allylic oxidation sites excluding steroid dienone is 1. The predicted octanol–water partition coefficient (Wildman–Crippen LogP) is 4.76. The Morgan fingerprint density at radius 3 is 2.67 bits per heavy atom. The van der Waals surface area contributed by atoms with Crippen molar-refractivity contribution in [2.75, 3.05) is 0 Å². The van der Waals surface area contributed by atoms with Gasteiger partial charge < -0.3 is 5.11 Å². The minimum atomic E-state index is -0.122. The maximum absolute atomic E-state index is 12.4. The SMILES string of the molecule is CC(=O)[C@H]1[C@@H](C)C[C@H]2[C@@H]3CC=C4CC(O)CC[C@]4(C)[C@H]3CC[C@@]21C. The highest BCUT2D eigenvalue weighted by atomic mass is 16.3. The van der Waals surface area contributed by atoms with Crippen LogP contribution in [0.4, 0.5) is 0 Å². The lowest BCUT2D eigenvalue weighted by Crippen LogP contribution is -2.51. The van der Waals surface area contributed by atoms with E-state index in [1.165, 1.54) is 25.7 Å². The summed E-state index contributed by atoms with van der Waals surface area (Å²) >= 11 is 0. The molecule has 0 heterocycles. The van der Waals surface area contributed by atoms with Gasteiger partial charge in [-0.3, -0.25) is 4.79 Å². The molecule has 1 unspecified atom stereocenters. The number of carbonyl (C=O) groups is 1. The number of ketones is 1. The van der Waals surface area contributed by atoms with Gasteiger partial charge in [0.2, 0.25) is 0 Å². The van der Waals surface area contributed by atoms with Crippen molar-refractivity contribution in [3.8, 4) is 0 Å². The van der Waals surface area contributed by atoms with E-state index in [1.807, 2.05) is 6.92 Å². The van der Waals surface area contributed by atoms with Crippen LogP contribution in [0.5, 0.6) is 0 Å². The summed E-state index contributed by atoms with van der Waals surface area (Å²) in [5, 5.41) is 10.1. The molecule has 8 atom stereocenters. The normalized spacial score (nSPS) is 53.6. The molecule has 2 heteroatoms. The molecule has 0 radical (unpaired) electrons. The monoisotopic (exact) mass is 330 g/mol. The van der Waals surface area contributed by atoms with E-state index in [0.29, 0.717) is 23.0 Å². The number of rotatable bonds is 1. The summed E-state index contributed by atoms with van der Waals surface area (Å²) < 4.78 is 0. The van der Waals surface area contributed by atoms with Gasteiger partial charge in [-0.25, -0.2) is 0 Å². The second kappa shape index (κ2) is 5.43. The van der Waals surface area contributed by atoms with E-state index < -0.39 is 0 Å². The molecule has 4 rings (SSSR count). The van der Waals surface area contributed by atoms with Crippen LogP contribution in [0.3, 0.4) is 0 Å². The molecule has 0 bridgehead atoms. The first-order valence-corrected chi connectivity index (χ1v) is 10.2. The lowest BCUT2D eigenvalue weighted by molar-refractivity contribution is -0.128. The number of aliphatic hydroxyl groups is 1. The van der Waals surface area contributed by atoms with Crippen molar-refractivity contribution in [1.82, 2.24) is 0 Å². The van der Waals surface area contributed by atoms with Gasteiger partial charge in [0.1, 0.15) is 5.78 Å². The fourth-order valence-corrected chi connectivity index (χ4v) is 7.87. The molecule has 4 aliphatic rings. The molecule has 0 amide bonds. The van der Waals surface area contributed by atoms with Crippen LogP contribution >= 0.6 is 0 Å². The Bertz CT molecular complexity index is 579. The molecule has 134 valence electrons. The lowest BCUT2D eigenvalue weighted by Gasteiger charge is -2.57. The van der Waals surface area contributed by atoms with Gasteiger partial charge in [0.25, 0.3) is 0 Å². The summed E-state index contributed by atoms with van der Waals surface area (Å²) in [7, 11) is 0. The van der Waals surface area contributed by atoms with Gasteiger partial charge in [0, 0.05) is 5.92 Å². The van der Waals surface area contributed by atoms with Gasteiger partial charge >= 0.3 is 0 Å². The van der Waals surface area contributed by atoms with Crippen LogP contribution in [0, 0.1) is 40.4 Å². The van der Waals surface area contributed by atoms with E-state index in [2.05, 4.69) is 26.8 Å². The fourth-order valence-electron chi connectivity index (χ4n) is 7.87. The first-order chi connectivity index (χ1) is 11.3. The number of aliphatic hydroxyl groups excluding tert-OH is 1. The summed E-state index contributed by atoms with van der Waals surface area (Å²) in [6.45, 7) is 9.04. The summed E-state index contributed by atoms with van der Waals surface area (Å²) in [5.41, 5.74) is 2.07. The predicted molar refractivity (Wildman–Crippen MR) is 96.4 cm³/mol. The Kier molecular flexibility index (Phi) is 3.81. The zero-order valence-electron chi connectivity index (χ0n) is 15.8. The average Bonchev–Trinajstić information content (AvgIpc) is 2.78. The molecule has 24 heavy (non-hydrogen) atoms. The van der Waals surface area contributed by atoms with Crippen molar-refractivity contribution in [1.29, 1.82) is 0 Å². The molecular weight excluding hydrogens is 296 g/mol. The third-order valence-electron chi connectivity index (χ3n) is 8.86. The lowest BCUT2D eigenvalue weighted by atomic mass is 9.47. The highest BCUT2D eigenvalue weighted by Gasteiger charge is 2.61. The largest absolute Gasteiger partial charge is 0.393 e. The van der Waals surface area contributed by atoms with Crippen molar-refractivity contribution in [3.63, 3.8) is 0 Å². The highest BCUT2D eigenvalue weighted by Crippen LogP contribution is 2.67. The van der Waals surface area contributed by atoms with Crippen LogP contribution < -0.4 is 0 Å². The number of hydrogen-bond acceptors (Lipinski definition) is 2. The van der Waals surface area contributed by atoms with Crippen LogP contribution in [0.1, 0.15) is 72.6 Å². The first-order valence-electron chi connectivity index (χ1n) is 10.2. The van der Waals surface area contributed by atoms with Crippen molar-refractivity contribution >= 4 is 5.78 Å². The minimum absolute atomic E-state index is 0.122. The number of fused-ring (bicyclic) bond motifs is 5. The van der Waals surface area contributed by atoms with E-state index in [0.717, 1.165) is 31.1 Å². The van der Waals surface area contributed by atoms with Crippen LogP contribution in [-0.2, 0) is 4.79 Å². The summed E-state index contributed by atoms with van der Waals surface area (Å²) in [4.78, 5) is 12.4. The Morgan fingerprint density at radius 2 is 1.96 bits per heavy atom. The Hall–Kier alpha value is -0.630. The van der Waals surface area contributed by atoms with Gasteiger partial charge in [-0.1, -0.05) is 32.4 Å². The van der Waals surface area contributed by atoms with Gasteiger partial charge in [0.15, 0.2) is 0 Å². The smallest absolute Gasteiger partial charge is 0.133 e. The molecule has 1 N–H and O–H groups in total. The van der Waals surface area contributed by atoms with Crippen LogP contribution in [0.15, 0.2) is 11.6 Å². The molecule has 3 fully saturated rings. The van der Waals surface area contributed by atoms with Crippen molar-refractivity contribution in [3.05, 3.63) is 11.6 Å². The second-order valence-electron chi connectivity index (χ2n) is 10.0. The molecule has 0 spiro atoms. The molecule has 3 saturated carbocycles. The number of carbonyl (C=O) groups excluding carboxylic acids is 1.